The van der Waals surface area contributed by atoms with E-state index in [1.54, 1.807) is 44.7 Å². The monoisotopic (exact) mass is 361 g/mol. The maximum Gasteiger partial charge on any atom is -0.147 e. The molecule has 4 heteroatoms. The standard InChI is InChI=1S/C12H19.3ClH.Zr/c1-6-7-12(5)8-9(2)10(3)11(12)4;;;;/h6-7H2,1-5H3;3*1H;. The van der Waals surface area contributed by atoms with Crippen molar-refractivity contribution < 1.29 is 24.7 Å². The molecule has 1 atom stereocenters. The predicted molar refractivity (Wildman–Crippen MR) is 75.8 cm³/mol. The summed E-state index contributed by atoms with van der Waals surface area (Å²) < 4.78 is 1.68. The molecule has 0 spiro atoms. The van der Waals surface area contributed by atoms with Gasteiger partial charge in [0.05, 0.1) is 0 Å². The van der Waals surface area contributed by atoms with Crippen LogP contribution in [0, 0.1) is 5.41 Å². The molecule has 1 aliphatic rings. The molecule has 1 aliphatic carbocycles. The number of rotatable bonds is 2. The van der Waals surface area contributed by atoms with Crippen LogP contribution in [0.2, 0.25) is 0 Å². The zero-order chi connectivity index (χ0) is 10.2. The molecule has 0 radical (unpaired) electrons. The summed E-state index contributed by atoms with van der Waals surface area (Å²) in [5, 5.41) is 0. The second-order valence-electron chi connectivity index (χ2n) is 4.33. The fraction of sp³-hybridized carbons (Fsp3) is 0.667. The third-order valence-corrected chi connectivity index (χ3v) is 5.91. The molecule has 0 fully saturated rings. The van der Waals surface area contributed by atoms with Gasteiger partial charge in [0.25, 0.3) is 0 Å². The topological polar surface area (TPSA) is 0 Å². The first-order chi connectivity index (χ1) is 5.95. The molecule has 0 aromatic heterocycles. The molecule has 0 amide bonds. The molecule has 0 N–H and O–H groups in total. The Labute approximate surface area is 134 Å². The molecule has 1 rings (SSSR count). The van der Waals surface area contributed by atoms with Gasteiger partial charge in [-0.2, -0.15) is 0 Å². The second-order valence-corrected chi connectivity index (χ2v) is 5.56. The van der Waals surface area contributed by atoms with Crippen molar-refractivity contribution in [1.29, 1.82) is 0 Å². The van der Waals surface area contributed by atoms with Crippen molar-refractivity contribution in [2.24, 2.45) is 5.41 Å². The van der Waals surface area contributed by atoms with E-state index in [1.165, 1.54) is 12.8 Å². The average Bonchev–Trinajstić information content (AvgIpc) is 2.23. The Hall–Kier alpha value is 1.23. The van der Waals surface area contributed by atoms with Gasteiger partial charge in [0.15, 0.2) is 0 Å². The fourth-order valence-corrected chi connectivity index (χ4v) is 3.53. The van der Waals surface area contributed by atoms with Crippen molar-refractivity contribution in [2.45, 2.75) is 47.5 Å². The van der Waals surface area contributed by atoms with E-state index in [-0.39, 0.29) is 37.2 Å². The zero-order valence-electron chi connectivity index (χ0n) is 10.6. The summed E-state index contributed by atoms with van der Waals surface area (Å²) >= 11 is 1.60. The molecule has 0 bridgehead atoms. The molecule has 1 unspecified atom stereocenters. The van der Waals surface area contributed by atoms with Gasteiger partial charge in [-0.25, -0.2) is 0 Å². The van der Waals surface area contributed by atoms with Gasteiger partial charge in [-0.05, 0) is 0 Å². The summed E-state index contributed by atoms with van der Waals surface area (Å²) in [5.74, 6) is 0. The van der Waals surface area contributed by atoms with Gasteiger partial charge in [0, 0.05) is 0 Å². The molecule has 0 aromatic carbocycles. The van der Waals surface area contributed by atoms with Crippen molar-refractivity contribution in [3.8, 4) is 0 Å². The molecule has 0 aliphatic heterocycles. The van der Waals surface area contributed by atoms with Crippen molar-refractivity contribution in [3.05, 3.63) is 20.0 Å². The Morgan fingerprint density at radius 3 is 1.69 bits per heavy atom. The van der Waals surface area contributed by atoms with E-state index in [4.69, 9.17) is 0 Å². The third kappa shape index (κ3) is 3.61. The normalized spacial score (nSPS) is 23.5. The first-order valence-corrected chi connectivity index (χ1v) is 6.29. The zero-order valence-corrected chi connectivity index (χ0v) is 15.5. The van der Waals surface area contributed by atoms with Crippen LogP contribution in [0.15, 0.2) is 20.0 Å². The van der Waals surface area contributed by atoms with E-state index in [2.05, 4.69) is 34.6 Å². The van der Waals surface area contributed by atoms with Gasteiger partial charge in [-0.1, -0.05) is 0 Å². The summed E-state index contributed by atoms with van der Waals surface area (Å²) in [5.41, 5.74) is 5.12. The first kappa shape index (κ1) is 22.4. The third-order valence-electron chi connectivity index (χ3n) is 3.63. The van der Waals surface area contributed by atoms with Crippen LogP contribution >= 0.6 is 37.2 Å². The number of hydrogen-bond donors (Lipinski definition) is 0. The second kappa shape index (κ2) is 8.36. The van der Waals surface area contributed by atoms with Crippen LogP contribution in [0.1, 0.15) is 47.5 Å². The van der Waals surface area contributed by atoms with E-state index in [0.29, 0.717) is 5.41 Å². The van der Waals surface area contributed by atoms with Crippen LogP contribution in [-0.4, -0.2) is 0 Å². The van der Waals surface area contributed by atoms with Gasteiger partial charge >= 0.3 is 97.6 Å². The number of allylic oxidation sites excluding steroid dienone is 4. The van der Waals surface area contributed by atoms with Gasteiger partial charge in [0.2, 0.25) is 0 Å². The Morgan fingerprint density at radius 2 is 1.44 bits per heavy atom. The Bertz CT molecular complexity index is 269. The van der Waals surface area contributed by atoms with Crippen molar-refractivity contribution in [2.75, 3.05) is 0 Å². The molecule has 95 valence electrons. The van der Waals surface area contributed by atoms with Crippen LogP contribution in [-0.2, 0) is 24.7 Å². The largest absolute Gasteiger partial charge is 0.147 e. The van der Waals surface area contributed by atoms with Crippen molar-refractivity contribution >= 4 is 37.2 Å². The molecular formula is C12H22Cl3Zr. The van der Waals surface area contributed by atoms with E-state index >= 15 is 0 Å². The molecule has 16 heavy (non-hydrogen) atoms. The molecule has 0 nitrogen and oxygen atoms in total. The number of halogens is 3. The predicted octanol–water partition coefficient (Wildman–Crippen LogP) is 5.23. The Kier molecular flexibility index (Phi) is 11.7. The molecule has 0 aromatic rings. The minimum absolute atomic E-state index is 0. The maximum atomic E-state index is 2.41. The summed E-state index contributed by atoms with van der Waals surface area (Å²) in [6.07, 6.45) is 2.60. The van der Waals surface area contributed by atoms with Crippen LogP contribution in [0.4, 0.5) is 0 Å². The Morgan fingerprint density at radius 1 is 1.00 bits per heavy atom. The average molecular weight is 364 g/mol. The van der Waals surface area contributed by atoms with Crippen LogP contribution in [0.25, 0.3) is 0 Å². The van der Waals surface area contributed by atoms with Crippen LogP contribution in [0.3, 0.4) is 0 Å². The molecular weight excluding hydrogens is 342 g/mol. The molecule has 0 saturated carbocycles. The van der Waals surface area contributed by atoms with Crippen molar-refractivity contribution in [3.63, 3.8) is 0 Å². The molecule has 0 saturated heterocycles. The Balaban J connectivity index is -0.000000563. The van der Waals surface area contributed by atoms with Gasteiger partial charge in [-0.15, -0.1) is 37.2 Å². The fourth-order valence-electron chi connectivity index (χ4n) is 2.30. The van der Waals surface area contributed by atoms with Gasteiger partial charge < -0.3 is 0 Å². The van der Waals surface area contributed by atoms with Crippen LogP contribution in [0.5, 0.6) is 0 Å². The van der Waals surface area contributed by atoms with Crippen molar-refractivity contribution in [1.82, 2.24) is 0 Å². The van der Waals surface area contributed by atoms with Gasteiger partial charge in [0.1, 0.15) is 0 Å². The van der Waals surface area contributed by atoms with E-state index in [0.717, 1.165) is 0 Å². The summed E-state index contributed by atoms with van der Waals surface area (Å²) in [6.45, 7) is 11.6. The van der Waals surface area contributed by atoms with Crippen LogP contribution < -0.4 is 0 Å². The quantitative estimate of drug-likeness (QED) is 0.630. The van der Waals surface area contributed by atoms with E-state index < -0.39 is 0 Å². The SMILES string of the molecule is CCCC1(C)C(C)=C(C)C(C)=[C]1[Zr].Cl.Cl.Cl. The van der Waals surface area contributed by atoms with Gasteiger partial charge in [-0.3, -0.25) is 0 Å². The van der Waals surface area contributed by atoms with E-state index in [9.17, 15) is 0 Å². The summed E-state index contributed by atoms with van der Waals surface area (Å²) in [4.78, 5) is 0. The summed E-state index contributed by atoms with van der Waals surface area (Å²) in [7, 11) is 0. The maximum absolute atomic E-state index is 2.41. The summed E-state index contributed by atoms with van der Waals surface area (Å²) in [6, 6.07) is 0. The molecule has 0 heterocycles. The van der Waals surface area contributed by atoms with E-state index in [1.807, 2.05) is 0 Å². The minimum Gasteiger partial charge on any atom is -0.147 e. The smallest absolute Gasteiger partial charge is 0.147 e. The number of hydrogen-bond acceptors (Lipinski definition) is 0. The first-order valence-electron chi connectivity index (χ1n) is 5.06. The minimum atomic E-state index is 0.